The van der Waals surface area contributed by atoms with E-state index in [1.807, 2.05) is 26.8 Å². The van der Waals surface area contributed by atoms with Crippen molar-refractivity contribution in [2.45, 2.75) is 52.6 Å². The molecule has 1 aromatic rings. The summed E-state index contributed by atoms with van der Waals surface area (Å²) in [5.74, 6) is 0.199. The van der Waals surface area contributed by atoms with Crippen LogP contribution >= 0.6 is 11.3 Å². The molecule has 1 atom stereocenters. The molecule has 1 aliphatic carbocycles. The van der Waals surface area contributed by atoms with E-state index in [4.69, 9.17) is 0 Å². The van der Waals surface area contributed by atoms with E-state index in [2.05, 4.69) is 10.6 Å². The maximum Gasteiger partial charge on any atom is 0.261 e. The second kappa shape index (κ2) is 7.93. The molecule has 0 spiro atoms. The third kappa shape index (κ3) is 4.78. The average molecular weight is 338 g/mol. The van der Waals surface area contributed by atoms with Crippen LogP contribution in [0, 0.1) is 18.8 Å². The molecule has 6 heteroatoms. The fourth-order valence-electron chi connectivity index (χ4n) is 2.62. The molecule has 1 fully saturated rings. The number of anilines is 1. The number of rotatable bonds is 8. The van der Waals surface area contributed by atoms with E-state index in [-0.39, 0.29) is 30.2 Å². The van der Waals surface area contributed by atoms with Gasteiger partial charge in [0.15, 0.2) is 0 Å². The van der Waals surface area contributed by atoms with Gasteiger partial charge in [0, 0.05) is 12.5 Å². The molecule has 0 aromatic carbocycles. The lowest BCUT2D eigenvalue weighted by Gasteiger charge is -2.20. The summed E-state index contributed by atoms with van der Waals surface area (Å²) >= 11 is 1.29. The van der Waals surface area contributed by atoms with Crippen LogP contribution < -0.4 is 10.6 Å². The number of thiophene rings is 1. The summed E-state index contributed by atoms with van der Waals surface area (Å²) in [6, 6.07) is 1.83. The van der Waals surface area contributed by atoms with E-state index < -0.39 is 6.10 Å². The molecule has 0 radical (unpaired) electrons. The lowest BCUT2D eigenvalue weighted by molar-refractivity contribution is -0.117. The van der Waals surface area contributed by atoms with Crippen LogP contribution in [0.4, 0.5) is 5.00 Å². The minimum atomic E-state index is -0.525. The smallest absolute Gasteiger partial charge is 0.261 e. The van der Waals surface area contributed by atoms with Gasteiger partial charge in [-0.1, -0.05) is 26.7 Å². The summed E-state index contributed by atoms with van der Waals surface area (Å²) in [5, 5.41) is 16.5. The van der Waals surface area contributed by atoms with Gasteiger partial charge < -0.3 is 15.7 Å². The van der Waals surface area contributed by atoms with Crippen molar-refractivity contribution >= 4 is 28.2 Å². The number of carbonyl (C=O) groups excluding carboxylic acids is 2. The van der Waals surface area contributed by atoms with Gasteiger partial charge in [0.1, 0.15) is 0 Å². The molecule has 0 bridgehead atoms. The highest BCUT2D eigenvalue weighted by Gasteiger charge is 2.30. The topological polar surface area (TPSA) is 78.4 Å². The number of aliphatic hydroxyl groups is 1. The zero-order valence-electron chi connectivity index (χ0n) is 14.0. The highest BCUT2D eigenvalue weighted by atomic mass is 32.1. The Kier molecular flexibility index (Phi) is 6.18. The van der Waals surface area contributed by atoms with E-state index in [0.717, 1.165) is 31.2 Å². The number of carbonyl (C=O) groups is 2. The summed E-state index contributed by atoms with van der Waals surface area (Å²) in [6.45, 7) is 6.19. The van der Waals surface area contributed by atoms with Crippen LogP contribution in [0.5, 0.6) is 0 Å². The maximum atomic E-state index is 12.3. The molecular formula is C17H26N2O3S. The summed E-state index contributed by atoms with van der Waals surface area (Å²) in [6.07, 6.45) is 3.17. The van der Waals surface area contributed by atoms with Crippen molar-refractivity contribution in [3.63, 3.8) is 0 Å². The minimum absolute atomic E-state index is 0.0439. The number of hydrogen-bond donors (Lipinski definition) is 3. The lowest BCUT2D eigenvalue weighted by atomic mass is 9.96. The van der Waals surface area contributed by atoms with Gasteiger partial charge in [-0.2, -0.15) is 0 Å². The molecule has 5 nitrogen and oxygen atoms in total. The Bertz CT molecular complexity index is 562. The summed E-state index contributed by atoms with van der Waals surface area (Å²) in [4.78, 5) is 24.7. The van der Waals surface area contributed by atoms with Crippen LogP contribution in [0.2, 0.25) is 0 Å². The molecule has 1 saturated carbocycles. The Morgan fingerprint density at radius 1 is 1.35 bits per heavy atom. The van der Waals surface area contributed by atoms with Crippen LogP contribution in [0.3, 0.4) is 0 Å². The van der Waals surface area contributed by atoms with Gasteiger partial charge in [-0.3, -0.25) is 9.59 Å². The van der Waals surface area contributed by atoms with Gasteiger partial charge in [0.05, 0.1) is 16.0 Å². The molecule has 3 N–H and O–H groups in total. The largest absolute Gasteiger partial charge is 0.391 e. The number of nitrogens with one attached hydrogen (secondary N) is 2. The van der Waals surface area contributed by atoms with Crippen molar-refractivity contribution < 1.29 is 14.7 Å². The monoisotopic (exact) mass is 338 g/mol. The molecule has 0 aliphatic heterocycles. The van der Waals surface area contributed by atoms with E-state index in [1.165, 1.54) is 11.3 Å². The third-order valence-corrected chi connectivity index (χ3v) is 5.53. The lowest BCUT2D eigenvalue weighted by Crippen LogP contribution is -2.36. The molecule has 1 heterocycles. The van der Waals surface area contributed by atoms with Crippen molar-refractivity contribution in [3.8, 4) is 0 Å². The summed E-state index contributed by atoms with van der Waals surface area (Å²) < 4.78 is 0. The van der Waals surface area contributed by atoms with Crippen molar-refractivity contribution in [1.82, 2.24) is 5.32 Å². The standard InChI is InChI=1S/C17H26N2O3S/c1-4-11(5-2)13(20)9-18-17(22)15-10(3)8-14(23-15)19-16(21)12-6-7-12/h8,11-13,20H,4-7,9H2,1-3H3,(H,18,22)(H,19,21). The molecule has 1 aliphatic rings. The molecule has 2 amide bonds. The first-order valence-electron chi connectivity index (χ1n) is 8.33. The Hall–Kier alpha value is -1.40. The number of amides is 2. The summed E-state index contributed by atoms with van der Waals surface area (Å²) in [7, 11) is 0. The van der Waals surface area contributed by atoms with E-state index in [1.54, 1.807) is 0 Å². The Labute approximate surface area is 141 Å². The fraction of sp³-hybridized carbons (Fsp3) is 0.647. The first-order chi connectivity index (χ1) is 11.0. The summed E-state index contributed by atoms with van der Waals surface area (Å²) in [5.41, 5.74) is 0.843. The van der Waals surface area contributed by atoms with Crippen molar-refractivity contribution in [1.29, 1.82) is 0 Å². The fourth-order valence-corrected chi connectivity index (χ4v) is 3.61. The highest BCUT2D eigenvalue weighted by molar-refractivity contribution is 7.18. The van der Waals surface area contributed by atoms with Crippen molar-refractivity contribution in [2.24, 2.45) is 11.8 Å². The first-order valence-corrected chi connectivity index (χ1v) is 9.15. The predicted octanol–water partition coefficient (Wildman–Crippen LogP) is 2.93. The first kappa shape index (κ1) is 17.9. The molecule has 128 valence electrons. The molecule has 23 heavy (non-hydrogen) atoms. The van der Waals surface area contributed by atoms with Gasteiger partial charge >= 0.3 is 0 Å². The average Bonchev–Trinajstić information content (AvgIpc) is 3.30. The number of aryl methyl sites for hydroxylation is 1. The second-order valence-corrected chi connectivity index (χ2v) is 7.29. The van der Waals surface area contributed by atoms with Crippen LogP contribution in [0.1, 0.15) is 54.8 Å². The normalized spacial score (nSPS) is 15.5. The van der Waals surface area contributed by atoms with Gasteiger partial charge in [0.25, 0.3) is 5.91 Å². The highest BCUT2D eigenvalue weighted by Crippen LogP contribution is 2.32. The Balaban J connectivity index is 1.91. The van der Waals surface area contributed by atoms with Crippen molar-refractivity contribution in [2.75, 3.05) is 11.9 Å². The molecule has 0 saturated heterocycles. The molecule has 2 rings (SSSR count). The second-order valence-electron chi connectivity index (χ2n) is 6.24. The third-order valence-electron chi connectivity index (χ3n) is 4.38. The SMILES string of the molecule is CCC(CC)C(O)CNC(=O)c1sc(NC(=O)C2CC2)cc1C. The molecular weight excluding hydrogens is 312 g/mol. The molecule has 1 unspecified atom stereocenters. The van der Waals surface area contributed by atoms with Gasteiger partial charge in [0.2, 0.25) is 5.91 Å². The van der Waals surface area contributed by atoms with Gasteiger partial charge in [-0.15, -0.1) is 11.3 Å². The van der Waals surface area contributed by atoms with E-state index >= 15 is 0 Å². The van der Waals surface area contributed by atoms with Gasteiger partial charge in [-0.05, 0) is 37.3 Å². The van der Waals surface area contributed by atoms with Crippen molar-refractivity contribution in [3.05, 3.63) is 16.5 Å². The van der Waals surface area contributed by atoms with Crippen LogP contribution in [0.15, 0.2) is 6.07 Å². The van der Waals surface area contributed by atoms with Crippen LogP contribution in [-0.4, -0.2) is 29.6 Å². The Morgan fingerprint density at radius 2 is 2.00 bits per heavy atom. The van der Waals surface area contributed by atoms with Gasteiger partial charge in [-0.25, -0.2) is 0 Å². The van der Waals surface area contributed by atoms with E-state index in [0.29, 0.717) is 9.88 Å². The number of aliphatic hydroxyl groups excluding tert-OH is 1. The van der Waals surface area contributed by atoms with Crippen LogP contribution in [0.25, 0.3) is 0 Å². The van der Waals surface area contributed by atoms with Crippen LogP contribution in [-0.2, 0) is 4.79 Å². The Morgan fingerprint density at radius 3 is 2.57 bits per heavy atom. The zero-order chi connectivity index (χ0) is 17.0. The number of hydrogen-bond acceptors (Lipinski definition) is 4. The predicted molar refractivity (Wildman–Crippen MR) is 92.8 cm³/mol. The molecule has 1 aromatic heterocycles. The van der Waals surface area contributed by atoms with E-state index in [9.17, 15) is 14.7 Å². The maximum absolute atomic E-state index is 12.3. The quantitative estimate of drug-likeness (QED) is 0.682. The zero-order valence-corrected chi connectivity index (χ0v) is 14.8. The minimum Gasteiger partial charge on any atom is -0.391 e.